The minimum Gasteiger partial charge on any atom is -0.259 e. The van der Waals surface area contributed by atoms with Crippen LogP contribution < -0.4 is 17.1 Å². The van der Waals surface area contributed by atoms with E-state index in [2.05, 4.69) is 15.0 Å². The fraction of sp³-hybridized carbons (Fsp3) is 0.692. The molecule has 3 atom stereocenters. The summed E-state index contributed by atoms with van der Waals surface area (Å²) in [6, 6.07) is -0.639. The summed E-state index contributed by atoms with van der Waals surface area (Å²) >= 11 is 0. The molecule has 8 heteroatoms. The third-order valence-corrected chi connectivity index (χ3v) is 4.12. The van der Waals surface area contributed by atoms with E-state index in [0.29, 0.717) is 12.8 Å². The van der Waals surface area contributed by atoms with E-state index >= 15 is 0 Å². The second-order valence-electron chi connectivity index (χ2n) is 5.27. The second kappa shape index (κ2) is 6.49. The summed E-state index contributed by atoms with van der Waals surface area (Å²) < 4.78 is 1.05. The van der Waals surface area contributed by atoms with E-state index in [1.807, 2.05) is 6.92 Å². The Morgan fingerprint density at radius 1 is 1.24 bits per heavy atom. The number of aromatic amines is 2. The fourth-order valence-electron chi connectivity index (χ4n) is 3.21. The summed E-state index contributed by atoms with van der Waals surface area (Å²) in [6.07, 6.45) is 5.46. The highest BCUT2D eigenvalue weighted by Crippen LogP contribution is 2.36. The monoisotopic (exact) mass is 294 g/mol. The average molecular weight is 294 g/mol. The van der Waals surface area contributed by atoms with Crippen LogP contribution in [0.25, 0.3) is 0 Å². The molecule has 0 aromatic carbocycles. The summed E-state index contributed by atoms with van der Waals surface area (Å²) in [6.45, 7) is 1.90. The molecule has 114 valence electrons. The molecule has 0 bridgehead atoms. The van der Waals surface area contributed by atoms with Gasteiger partial charge in [-0.3, -0.25) is 9.97 Å². The zero-order valence-electron chi connectivity index (χ0n) is 11.8. The lowest BCUT2D eigenvalue weighted by atomic mass is 9.79. The first kappa shape index (κ1) is 15.2. The van der Waals surface area contributed by atoms with Crippen molar-refractivity contribution in [2.45, 2.75) is 51.1 Å². The van der Waals surface area contributed by atoms with Crippen molar-refractivity contribution >= 4 is 6.08 Å². The van der Waals surface area contributed by atoms with E-state index in [9.17, 15) is 19.2 Å². The van der Waals surface area contributed by atoms with Gasteiger partial charge in [0.25, 0.3) is 0 Å². The van der Waals surface area contributed by atoms with Crippen molar-refractivity contribution in [2.75, 3.05) is 0 Å². The maximum Gasteiger partial charge on any atom is 0.333 e. The van der Waals surface area contributed by atoms with Gasteiger partial charge in [-0.2, -0.15) is 0 Å². The summed E-state index contributed by atoms with van der Waals surface area (Å²) in [7, 11) is 0. The van der Waals surface area contributed by atoms with Crippen molar-refractivity contribution < 1.29 is 4.79 Å². The molecule has 1 aromatic rings. The molecular formula is C13H18N4O4. The Morgan fingerprint density at radius 2 is 1.86 bits per heavy atom. The topological polar surface area (TPSA) is 117 Å². The number of nitrogens with zero attached hydrogens (tertiary/aromatic N) is 2. The molecule has 3 unspecified atom stereocenters. The molecule has 2 N–H and O–H groups in total. The van der Waals surface area contributed by atoms with E-state index < -0.39 is 17.1 Å². The van der Waals surface area contributed by atoms with Crippen molar-refractivity contribution in [2.24, 2.45) is 10.9 Å². The Morgan fingerprint density at radius 3 is 2.43 bits per heavy atom. The molecule has 0 aliphatic heterocycles. The van der Waals surface area contributed by atoms with Crippen molar-refractivity contribution in [3.8, 4) is 0 Å². The molecule has 8 nitrogen and oxygen atoms in total. The molecule has 0 amide bonds. The molecule has 1 saturated carbocycles. The molecular weight excluding hydrogens is 276 g/mol. The van der Waals surface area contributed by atoms with E-state index in [-0.39, 0.29) is 18.0 Å². The quantitative estimate of drug-likeness (QED) is 0.603. The van der Waals surface area contributed by atoms with Crippen molar-refractivity contribution in [3.05, 3.63) is 31.5 Å². The Kier molecular flexibility index (Phi) is 4.70. The maximum atomic E-state index is 12.0. The molecule has 1 heterocycles. The first-order chi connectivity index (χ1) is 10.1. The molecule has 0 radical (unpaired) electrons. The van der Waals surface area contributed by atoms with Crippen LogP contribution in [0.15, 0.2) is 19.4 Å². The second-order valence-corrected chi connectivity index (χ2v) is 5.27. The van der Waals surface area contributed by atoms with Crippen LogP contribution >= 0.6 is 0 Å². The number of hydrogen-bond donors (Lipinski definition) is 2. The van der Waals surface area contributed by atoms with Gasteiger partial charge in [-0.1, -0.05) is 19.8 Å². The summed E-state index contributed by atoms with van der Waals surface area (Å²) in [5.41, 5.74) is -2.25. The van der Waals surface area contributed by atoms with Gasteiger partial charge in [-0.15, -0.1) is 0 Å². The minimum atomic E-state index is -0.813. The fourth-order valence-corrected chi connectivity index (χ4v) is 3.21. The van der Waals surface area contributed by atoms with Crippen LogP contribution in [0, 0.1) is 5.92 Å². The summed E-state index contributed by atoms with van der Waals surface area (Å²) in [5.74, 6) is -0.0881. The first-order valence-corrected chi connectivity index (χ1v) is 7.10. The number of carbonyl (C=O) groups excluding carboxylic acids is 1. The van der Waals surface area contributed by atoms with E-state index in [0.717, 1.165) is 23.8 Å². The summed E-state index contributed by atoms with van der Waals surface area (Å²) in [5, 5.41) is 0. The van der Waals surface area contributed by atoms with Crippen molar-refractivity contribution in [3.63, 3.8) is 0 Å². The lowest BCUT2D eigenvalue weighted by Gasteiger charge is -2.34. The molecule has 0 spiro atoms. The van der Waals surface area contributed by atoms with E-state index in [1.165, 1.54) is 0 Å². The Bertz CT molecular complexity index is 676. The Labute approximate surface area is 119 Å². The largest absolute Gasteiger partial charge is 0.333 e. The molecule has 1 fully saturated rings. The van der Waals surface area contributed by atoms with Gasteiger partial charge in [0.15, 0.2) is 0 Å². The highest BCUT2D eigenvalue weighted by Gasteiger charge is 2.34. The zero-order chi connectivity index (χ0) is 15.4. The van der Waals surface area contributed by atoms with Crippen LogP contribution in [0.1, 0.15) is 45.1 Å². The maximum absolute atomic E-state index is 12.0. The predicted octanol–water partition coefficient (Wildman–Crippen LogP) is 0.0706. The van der Waals surface area contributed by atoms with Crippen LogP contribution in [0.4, 0.5) is 0 Å². The average Bonchev–Trinajstić information content (AvgIpc) is 2.44. The molecule has 1 aliphatic rings. The third kappa shape index (κ3) is 3.11. The third-order valence-electron chi connectivity index (χ3n) is 4.12. The van der Waals surface area contributed by atoms with Gasteiger partial charge in [-0.25, -0.2) is 28.7 Å². The predicted molar refractivity (Wildman–Crippen MR) is 75.1 cm³/mol. The number of aromatic nitrogens is 3. The van der Waals surface area contributed by atoms with Gasteiger partial charge in [-0.05, 0) is 19.3 Å². The van der Waals surface area contributed by atoms with Crippen LogP contribution in [0.2, 0.25) is 0 Å². The smallest absolute Gasteiger partial charge is 0.259 e. The van der Waals surface area contributed by atoms with Gasteiger partial charge in [0.2, 0.25) is 6.08 Å². The van der Waals surface area contributed by atoms with E-state index in [4.69, 9.17) is 0 Å². The van der Waals surface area contributed by atoms with Crippen LogP contribution in [0.5, 0.6) is 0 Å². The number of hydrogen-bond acceptors (Lipinski definition) is 5. The lowest BCUT2D eigenvalue weighted by molar-refractivity contribution is 0.191. The van der Waals surface area contributed by atoms with Crippen LogP contribution in [-0.2, 0) is 4.79 Å². The van der Waals surface area contributed by atoms with E-state index in [1.54, 1.807) is 6.08 Å². The van der Waals surface area contributed by atoms with Crippen LogP contribution in [-0.4, -0.2) is 26.7 Å². The highest BCUT2D eigenvalue weighted by molar-refractivity contribution is 5.33. The van der Waals surface area contributed by atoms with Crippen LogP contribution in [0.3, 0.4) is 0 Å². The number of rotatable bonds is 4. The van der Waals surface area contributed by atoms with Gasteiger partial charge >= 0.3 is 17.1 Å². The molecule has 0 saturated heterocycles. The van der Waals surface area contributed by atoms with Crippen molar-refractivity contribution in [1.82, 2.24) is 14.5 Å². The normalized spacial score (nSPS) is 23.3. The van der Waals surface area contributed by atoms with Gasteiger partial charge in [0.1, 0.15) is 0 Å². The Hall–Kier alpha value is -2.21. The SMILES string of the molecule is CCC(N=C=O)C1CCCCC1n1c(=O)[nH]c(=O)[nH]c1=O. The summed E-state index contributed by atoms with van der Waals surface area (Å²) in [4.78, 5) is 53.6. The van der Waals surface area contributed by atoms with Gasteiger partial charge < -0.3 is 0 Å². The van der Waals surface area contributed by atoms with Crippen molar-refractivity contribution in [1.29, 1.82) is 0 Å². The number of isocyanates is 1. The first-order valence-electron chi connectivity index (χ1n) is 7.10. The van der Waals surface area contributed by atoms with Gasteiger partial charge in [0.05, 0.1) is 6.04 Å². The molecule has 1 aliphatic carbocycles. The highest BCUT2D eigenvalue weighted by atomic mass is 16.2. The minimum absolute atomic E-state index is 0.0881. The molecule has 21 heavy (non-hydrogen) atoms. The molecule has 1 aromatic heterocycles. The molecule has 2 rings (SSSR count). The number of nitrogens with one attached hydrogen (secondary N) is 2. The number of H-pyrrole nitrogens is 2. The zero-order valence-corrected chi connectivity index (χ0v) is 11.8. The van der Waals surface area contributed by atoms with Gasteiger partial charge in [0, 0.05) is 12.0 Å². The Balaban J connectivity index is 2.49. The standard InChI is InChI=1S/C13H18N4O4/c1-2-9(14-7-18)8-5-3-4-6-10(8)17-12(20)15-11(19)16-13(17)21/h8-10H,2-6H2,1H3,(H2,15,16,19,20,21). The lowest BCUT2D eigenvalue weighted by Crippen LogP contribution is -2.48. The number of aliphatic imine (C=N–C) groups is 1.